The van der Waals surface area contributed by atoms with Crippen molar-refractivity contribution >= 4 is 16.5 Å². The van der Waals surface area contributed by atoms with E-state index in [9.17, 15) is 0 Å². The second-order valence-corrected chi connectivity index (χ2v) is 7.84. The second kappa shape index (κ2) is 6.23. The Morgan fingerprint density at radius 1 is 1.29 bits per heavy atom. The minimum Gasteiger partial charge on any atom is -0.372 e. The summed E-state index contributed by atoms with van der Waals surface area (Å²) in [7, 11) is 0. The summed E-state index contributed by atoms with van der Waals surface area (Å²) >= 11 is 1.88. The zero-order chi connectivity index (χ0) is 15.0. The highest BCUT2D eigenvalue weighted by molar-refractivity contribution is 7.15. The maximum atomic E-state index is 5.84. The topological polar surface area (TPSA) is 37.4 Å². The van der Waals surface area contributed by atoms with Gasteiger partial charge < -0.3 is 15.0 Å². The average molecular weight is 309 g/mol. The first-order chi connectivity index (χ1) is 10.0. The molecule has 1 aromatic heterocycles. The molecule has 0 bridgehead atoms. The molecule has 0 aromatic carbocycles. The highest BCUT2D eigenvalue weighted by Gasteiger charge is 2.32. The summed E-state index contributed by atoms with van der Waals surface area (Å²) < 4.78 is 5.84. The van der Waals surface area contributed by atoms with Crippen LogP contribution >= 0.6 is 11.3 Å². The zero-order valence-electron chi connectivity index (χ0n) is 13.6. The van der Waals surface area contributed by atoms with Crippen molar-refractivity contribution in [3.05, 3.63) is 10.6 Å². The molecule has 2 aliphatic rings. The van der Waals surface area contributed by atoms with E-state index in [2.05, 4.69) is 37.9 Å². The van der Waals surface area contributed by atoms with Crippen molar-refractivity contribution in [1.82, 2.24) is 10.3 Å². The van der Waals surface area contributed by atoms with Crippen molar-refractivity contribution in [1.29, 1.82) is 0 Å². The predicted octanol–water partition coefficient (Wildman–Crippen LogP) is 3.13. The first-order valence-electron chi connectivity index (χ1n) is 8.16. The number of thiazole rings is 1. The molecule has 1 N–H and O–H groups in total. The summed E-state index contributed by atoms with van der Waals surface area (Å²) in [6.45, 7) is 11.6. The summed E-state index contributed by atoms with van der Waals surface area (Å²) in [6.07, 6.45) is 3.21. The molecule has 3 rings (SSSR count). The molecule has 4 nitrogen and oxygen atoms in total. The standard InChI is InChI=1S/C16H27N3OS/c1-10(2)17-7-14-15(13-5-6-13)18-16(21-14)19-8-11(3)20-12(4)9-19/h10-13,17H,5-9H2,1-4H3. The highest BCUT2D eigenvalue weighted by atomic mass is 32.1. The van der Waals surface area contributed by atoms with E-state index in [0.29, 0.717) is 18.2 Å². The molecule has 2 heterocycles. The van der Waals surface area contributed by atoms with E-state index in [1.165, 1.54) is 28.5 Å². The van der Waals surface area contributed by atoms with Crippen LogP contribution in [0.3, 0.4) is 0 Å². The molecule has 2 unspecified atom stereocenters. The largest absolute Gasteiger partial charge is 0.372 e. The van der Waals surface area contributed by atoms with Gasteiger partial charge in [-0.25, -0.2) is 4.98 Å². The van der Waals surface area contributed by atoms with E-state index >= 15 is 0 Å². The van der Waals surface area contributed by atoms with Crippen LogP contribution in [-0.2, 0) is 11.3 Å². The quantitative estimate of drug-likeness (QED) is 0.907. The van der Waals surface area contributed by atoms with Crippen molar-refractivity contribution in [2.24, 2.45) is 0 Å². The van der Waals surface area contributed by atoms with Gasteiger partial charge in [-0.15, -0.1) is 11.3 Å². The lowest BCUT2D eigenvalue weighted by Gasteiger charge is -2.35. The van der Waals surface area contributed by atoms with E-state index < -0.39 is 0 Å². The van der Waals surface area contributed by atoms with Gasteiger partial charge in [0, 0.05) is 36.5 Å². The fourth-order valence-electron chi connectivity index (χ4n) is 2.92. The Hall–Kier alpha value is -0.650. The van der Waals surface area contributed by atoms with Gasteiger partial charge >= 0.3 is 0 Å². The Bertz CT molecular complexity index is 474. The molecule has 1 aliphatic heterocycles. The van der Waals surface area contributed by atoms with Crippen molar-refractivity contribution < 1.29 is 4.74 Å². The summed E-state index contributed by atoms with van der Waals surface area (Å²) in [5, 5.41) is 4.74. The Morgan fingerprint density at radius 2 is 1.95 bits per heavy atom. The second-order valence-electron chi connectivity index (χ2n) is 6.78. The van der Waals surface area contributed by atoms with Gasteiger partial charge in [-0.2, -0.15) is 0 Å². The third-order valence-corrected chi connectivity index (χ3v) is 5.17. The van der Waals surface area contributed by atoms with E-state index in [4.69, 9.17) is 9.72 Å². The fourth-order valence-corrected chi connectivity index (χ4v) is 4.03. The maximum Gasteiger partial charge on any atom is 0.186 e. The van der Waals surface area contributed by atoms with Gasteiger partial charge in [-0.1, -0.05) is 13.8 Å². The minimum atomic E-state index is 0.291. The number of morpholine rings is 1. The SMILES string of the molecule is CC(C)NCc1sc(N2CC(C)OC(C)C2)nc1C1CC1. The Kier molecular flexibility index (Phi) is 4.52. The highest BCUT2D eigenvalue weighted by Crippen LogP contribution is 2.44. The molecular formula is C16H27N3OS. The monoisotopic (exact) mass is 309 g/mol. The molecule has 21 heavy (non-hydrogen) atoms. The molecule has 0 spiro atoms. The van der Waals surface area contributed by atoms with Crippen LogP contribution in [0.2, 0.25) is 0 Å². The molecule has 2 atom stereocenters. The number of nitrogens with one attached hydrogen (secondary N) is 1. The van der Waals surface area contributed by atoms with Crippen LogP contribution in [0.4, 0.5) is 5.13 Å². The molecule has 5 heteroatoms. The molecular weight excluding hydrogens is 282 g/mol. The lowest BCUT2D eigenvalue weighted by atomic mass is 10.2. The molecule has 1 saturated heterocycles. The van der Waals surface area contributed by atoms with E-state index in [-0.39, 0.29) is 0 Å². The molecule has 0 radical (unpaired) electrons. The number of hydrogen-bond donors (Lipinski definition) is 1. The van der Waals surface area contributed by atoms with Gasteiger partial charge in [0.15, 0.2) is 5.13 Å². The number of anilines is 1. The lowest BCUT2D eigenvalue weighted by molar-refractivity contribution is -0.00523. The van der Waals surface area contributed by atoms with Gasteiger partial charge in [-0.05, 0) is 26.7 Å². The van der Waals surface area contributed by atoms with E-state index in [1.807, 2.05) is 11.3 Å². The zero-order valence-corrected chi connectivity index (χ0v) is 14.4. The van der Waals surface area contributed by atoms with Gasteiger partial charge in [0.25, 0.3) is 0 Å². The summed E-state index contributed by atoms with van der Waals surface area (Å²) in [5.74, 6) is 0.717. The van der Waals surface area contributed by atoms with Crippen molar-refractivity contribution in [2.75, 3.05) is 18.0 Å². The number of hydrogen-bond acceptors (Lipinski definition) is 5. The normalized spacial score (nSPS) is 26.6. The minimum absolute atomic E-state index is 0.291. The summed E-state index contributed by atoms with van der Waals surface area (Å²) in [5.41, 5.74) is 1.36. The lowest BCUT2D eigenvalue weighted by Crippen LogP contribution is -2.45. The van der Waals surface area contributed by atoms with Crippen molar-refractivity contribution in [2.45, 2.75) is 71.2 Å². The van der Waals surface area contributed by atoms with Gasteiger partial charge in [-0.3, -0.25) is 0 Å². The van der Waals surface area contributed by atoms with Gasteiger partial charge in [0.2, 0.25) is 0 Å². The van der Waals surface area contributed by atoms with Crippen LogP contribution in [0.1, 0.15) is 57.0 Å². The van der Waals surface area contributed by atoms with Crippen molar-refractivity contribution in [3.63, 3.8) is 0 Å². The first-order valence-corrected chi connectivity index (χ1v) is 8.98. The van der Waals surface area contributed by atoms with E-state index in [1.54, 1.807) is 0 Å². The smallest absolute Gasteiger partial charge is 0.186 e. The van der Waals surface area contributed by atoms with Crippen LogP contribution in [0.25, 0.3) is 0 Å². The van der Waals surface area contributed by atoms with Crippen LogP contribution < -0.4 is 10.2 Å². The number of ether oxygens (including phenoxy) is 1. The van der Waals surface area contributed by atoms with Crippen LogP contribution in [0.15, 0.2) is 0 Å². The number of rotatable bonds is 5. The third-order valence-electron chi connectivity index (χ3n) is 4.04. The molecule has 0 amide bonds. The van der Waals surface area contributed by atoms with Crippen LogP contribution in [0.5, 0.6) is 0 Å². The predicted molar refractivity (Wildman–Crippen MR) is 88.3 cm³/mol. The summed E-state index contributed by atoms with van der Waals surface area (Å²) in [4.78, 5) is 8.84. The third kappa shape index (κ3) is 3.76. The average Bonchev–Trinajstić information content (AvgIpc) is 3.15. The molecule has 1 aliphatic carbocycles. The van der Waals surface area contributed by atoms with Crippen molar-refractivity contribution in [3.8, 4) is 0 Å². The summed E-state index contributed by atoms with van der Waals surface area (Å²) in [6, 6.07) is 0.519. The first kappa shape index (κ1) is 15.3. The number of nitrogens with zero attached hydrogens (tertiary/aromatic N) is 2. The Balaban J connectivity index is 1.77. The Morgan fingerprint density at radius 3 is 2.52 bits per heavy atom. The van der Waals surface area contributed by atoms with Gasteiger partial charge in [0.1, 0.15) is 0 Å². The maximum absolute atomic E-state index is 5.84. The van der Waals surface area contributed by atoms with Gasteiger partial charge in [0.05, 0.1) is 17.9 Å². The Labute approximate surface area is 131 Å². The van der Waals surface area contributed by atoms with E-state index in [0.717, 1.165) is 25.6 Å². The number of aromatic nitrogens is 1. The molecule has 2 fully saturated rings. The molecule has 118 valence electrons. The molecule has 1 saturated carbocycles. The van der Waals surface area contributed by atoms with Crippen LogP contribution in [-0.4, -0.2) is 36.3 Å². The van der Waals surface area contributed by atoms with Crippen LogP contribution in [0, 0.1) is 0 Å². The fraction of sp³-hybridized carbons (Fsp3) is 0.812. The molecule has 1 aromatic rings.